The normalized spacial score (nSPS) is 27.5. The first-order valence-corrected chi connectivity index (χ1v) is 5.44. The van der Waals surface area contributed by atoms with Crippen LogP contribution in [0.1, 0.15) is 46.0 Å². The van der Waals surface area contributed by atoms with Crippen molar-refractivity contribution in [1.29, 1.82) is 0 Å². The average molecular weight is 180 g/mol. The Morgan fingerprint density at radius 2 is 2.00 bits per heavy atom. The van der Waals surface area contributed by atoms with Gasteiger partial charge in [0, 0.05) is 5.92 Å². The number of rotatable bonds is 2. The van der Waals surface area contributed by atoms with Gasteiger partial charge in [-0.05, 0) is 31.1 Å². The average Bonchev–Trinajstić information content (AvgIpc) is 1.90. The van der Waals surface area contributed by atoms with Crippen LogP contribution in [0.4, 0.5) is 0 Å². The van der Waals surface area contributed by atoms with Crippen molar-refractivity contribution in [3.63, 3.8) is 0 Å². The molecule has 0 aromatic carbocycles. The molecule has 13 heavy (non-hydrogen) atoms. The Kier molecular flexibility index (Phi) is 2.09. The van der Waals surface area contributed by atoms with E-state index in [4.69, 9.17) is 5.73 Å². The van der Waals surface area contributed by atoms with E-state index in [1.54, 1.807) is 0 Å². The molecule has 0 bridgehead atoms. The second-order valence-electron chi connectivity index (χ2n) is 5.12. The Morgan fingerprint density at radius 1 is 1.38 bits per heavy atom. The van der Waals surface area contributed by atoms with Crippen LogP contribution < -0.4 is 5.73 Å². The highest BCUT2D eigenvalue weighted by Crippen LogP contribution is 2.56. The largest absolute Gasteiger partial charge is 0.387 e. The first-order chi connectivity index (χ1) is 6.11. The highest BCUT2D eigenvalue weighted by Gasteiger charge is 2.48. The van der Waals surface area contributed by atoms with Crippen molar-refractivity contribution in [3.05, 3.63) is 0 Å². The lowest BCUT2D eigenvalue weighted by molar-refractivity contribution is 0.0128. The van der Waals surface area contributed by atoms with Crippen molar-refractivity contribution >= 4 is 5.84 Å². The quantitative estimate of drug-likeness (QED) is 0.514. The summed E-state index contributed by atoms with van der Waals surface area (Å²) >= 11 is 0. The topological polar surface area (TPSA) is 38.4 Å². The minimum absolute atomic E-state index is 0.415. The molecule has 0 heterocycles. The van der Waals surface area contributed by atoms with E-state index in [2.05, 4.69) is 18.8 Å². The van der Waals surface area contributed by atoms with Crippen molar-refractivity contribution in [3.8, 4) is 0 Å². The number of aliphatic imine (C=N–C) groups is 1. The fourth-order valence-electron chi connectivity index (χ4n) is 2.48. The molecular formula is C11H20N2. The van der Waals surface area contributed by atoms with E-state index in [0.29, 0.717) is 12.0 Å². The molecule has 1 spiro atoms. The van der Waals surface area contributed by atoms with Gasteiger partial charge in [0.15, 0.2) is 0 Å². The monoisotopic (exact) mass is 180 g/mol. The second-order valence-corrected chi connectivity index (χ2v) is 5.12. The predicted molar refractivity (Wildman–Crippen MR) is 55.8 cm³/mol. The molecule has 2 saturated carbocycles. The molecule has 2 nitrogen and oxygen atoms in total. The van der Waals surface area contributed by atoms with Crippen molar-refractivity contribution in [2.24, 2.45) is 22.1 Å². The standard InChI is InChI=1S/C11H20N2/c1-8(2)10(12)13-9-6-11(7-9)4-3-5-11/h8-9H,3-7H2,1-2H3,(H2,12,13). The van der Waals surface area contributed by atoms with Gasteiger partial charge in [-0.3, -0.25) is 4.99 Å². The number of nitrogens with two attached hydrogens (primary N) is 1. The molecule has 0 radical (unpaired) electrons. The minimum Gasteiger partial charge on any atom is -0.387 e. The van der Waals surface area contributed by atoms with Crippen LogP contribution in [0.3, 0.4) is 0 Å². The molecule has 2 aliphatic carbocycles. The van der Waals surface area contributed by atoms with Gasteiger partial charge in [-0.25, -0.2) is 0 Å². The lowest BCUT2D eigenvalue weighted by atomic mass is 9.54. The number of hydrogen-bond donors (Lipinski definition) is 1. The molecule has 2 fully saturated rings. The molecule has 0 aromatic heterocycles. The molecular weight excluding hydrogens is 160 g/mol. The molecule has 0 unspecified atom stereocenters. The van der Waals surface area contributed by atoms with Crippen LogP contribution in [-0.2, 0) is 0 Å². The van der Waals surface area contributed by atoms with E-state index >= 15 is 0 Å². The summed E-state index contributed by atoms with van der Waals surface area (Å²) in [6, 6.07) is 0.558. The molecule has 0 aliphatic heterocycles. The van der Waals surface area contributed by atoms with E-state index in [1.807, 2.05) is 0 Å². The third-order valence-electron chi connectivity index (χ3n) is 3.67. The van der Waals surface area contributed by atoms with Gasteiger partial charge >= 0.3 is 0 Å². The predicted octanol–water partition coefficient (Wildman–Crippen LogP) is 2.33. The van der Waals surface area contributed by atoms with Gasteiger partial charge in [0.2, 0.25) is 0 Å². The zero-order valence-electron chi connectivity index (χ0n) is 8.71. The SMILES string of the molecule is CC(C)C(N)=NC1CC2(CCC2)C1. The van der Waals surface area contributed by atoms with Crippen LogP contribution in [0.5, 0.6) is 0 Å². The van der Waals surface area contributed by atoms with E-state index in [9.17, 15) is 0 Å². The Balaban J connectivity index is 1.83. The summed E-state index contributed by atoms with van der Waals surface area (Å²) in [6.07, 6.45) is 6.94. The summed E-state index contributed by atoms with van der Waals surface area (Å²) in [6.45, 7) is 4.22. The Bertz CT molecular complexity index is 218. The van der Waals surface area contributed by atoms with Gasteiger partial charge in [0.05, 0.1) is 11.9 Å². The van der Waals surface area contributed by atoms with Gasteiger partial charge in [-0.2, -0.15) is 0 Å². The zero-order valence-corrected chi connectivity index (χ0v) is 8.71. The van der Waals surface area contributed by atoms with Crippen molar-refractivity contribution in [1.82, 2.24) is 0 Å². The number of amidine groups is 1. The zero-order chi connectivity index (χ0) is 9.47. The van der Waals surface area contributed by atoms with Crippen LogP contribution in [0, 0.1) is 11.3 Å². The fourth-order valence-corrected chi connectivity index (χ4v) is 2.48. The summed E-state index contributed by atoms with van der Waals surface area (Å²) in [5.74, 6) is 1.26. The van der Waals surface area contributed by atoms with Gasteiger partial charge < -0.3 is 5.73 Å². The van der Waals surface area contributed by atoms with Gasteiger partial charge in [0.1, 0.15) is 0 Å². The van der Waals surface area contributed by atoms with Crippen LogP contribution in [0.15, 0.2) is 4.99 Å². The Morgan fingerprint density at radius 3 is 2.38 bits per heavy atom. The van der Waals surface area contributed by atoms with E-state index in [1.165, 1.54) is 32.1 Å². The maximum Gasteiger partial charge on any atom is 0.0966 e. The third-order valence-corrected chi connectivity index (χ3v) is 3.67. The molecule has 2 heteroatoms. The van der Waals surface area contributed by atoms with E-state index in [0.717, 1.165) is 11.3 Å². The summed E-state index contributed by atoms with van der Waals surface area (Å²) in [5.41, 5.74) is 6.55. The molecule has 0 amide bonds. The number of nitrogens with zero attached hydrogens (tertiary/aromatic N) is 1. The molecule has 74 valence electrons. The van der Waals surface area contributed by atoms with Gasteiger partial charge in [-0.1, -0.05) is 20.3 Å². The number of hydrogen-bond acceptors (Lipinski definition) is 1. The molecule has 0 saturated heterocycles. The summed E-state index contributed by atoms with van der Waals surface area (Å²) < 4.78 is 0. The molecule has 0 aromatic rings. The first kappa shape index (κ1) is 9.04. The summed E-state index contributed by atoms with van der Waals surface area (Å²) in [4.78, 5) is 4.55. The van der Waals surface area contributed by atoms with Gasteiger partial charge in [0.25, 0.3) is 0 Å². The molecule has 2 rings (SSSR count). The maximum atomic E-state index is 5.82. The summed E-state index contributed by atoms with van der Waals surface area (Å²) in [5, 5.41) is 0. The minimum atomic E-state index is 0.415. The Hall–Kier alpha value is -0.530. The van der Waals surface area contributed by atoms with Crippen LogP contribution in [0.2, 0.25) is 0 Å². The van der Waals surface area contributed by atoms with E-state index < -0.39 is 0 Å². The molecule has 2 aliphatic rings. The maximum absolute atomic E-state index is 5.82. The highest BCUT2D eigenvalue weighted by atomic mass is 14.9. The van der Waals surface area contributed by atoms with Crippen molar-refractivity contribution in [2.75, 3.05) is 0 Å². The second kappa shape index (κ2) is 3.00. The lowest BCUT2D eigenvalue weighted by Gasteiger charge is -2.53. The fraction of sp³-hybridized carbons (Fsp3) is 0.909. The lowest BCUT2D eigenvalue weighted by Crippen LogP contribution is -2.45. The third kappa shape index (κ3) is 1.59. The van der Waals surface area contributed by atoms with Crippen LogP contribution >= 0.6 is 0 Å². The first-order valence-electron chi connectivity index (χ1n) is 5.44. The van der Waals surface area contributed by atoms with E-state index in [-0.39, 0.29) is 0 Å². The Labute approximate surface area is 80.6 Å². The molecule has 2 N–H and O–H groups in total. The smallest absolute Gasteiger partial charge is 0.0966 e. The van der Waals surface area contributed by atoms with Crippen LogP contribution in [0.25, 0.3) is 0 Å². The highest BCUT2D eigenvalue weighted by molar-refractivity contribution is 5.82. The molecule has 0 atom stereocenters. The van der Waals surface area contributed by atoms with Crippen LogP contribution in [-0.4, -0.2) is 11.9 Å². The van der Waals surface area contributed by atoms with Crippen molar-refractivity contribution < 1.29 is 0 Å². The van der Waals surface area contributed by atoms with Crippen molar-refractivity contribution in [2.45, 2.75) is 52.0 Å². The van der Waals surface area contributed by atoms with Gasteiger partial charge in [-0.15, -0.1) is 0 Å². The summed E-state index contributed by atoms with van der Waals surface area (Å²) in [7, 11) is 0.